The van der Waals surface area contributed by atoms with E-state index < -0.39 is 0 Å². The fraction of sp³-hybridized carbons (Fsp3) is 1.00. The minimum Gasteiger partial charge on any atom is -0.381 e. The minimum absolute atomic E-state index is 0.0493. The number of hydrogen-bond donors (Lipinski definition) is 1. The van der Waals surface area contributed by atoms with Crippen LogP contribution in [0.25, 0.3) is 0 Å². The molecule has 0 aliphatic heterocycles. The predicted molar refractivity (Wildman–Crippen MR) is 62.2 cm³/mol. The Morgan fingerprint density at radius 2 is 2.00 bits per heavy atom. The van der Waals surface area contributed by atoms with E-state index in [2.05, 4.69) is 19.2 Å². The third-order valence-corrected chi connectivity index (χ3v) is 2.88. The monoisotopic (exact) mass is 215 g/mol. The van der Waals surface area contributed by atoms with Crippen LogP contribution in [0.2, 0.25) is 0 Å². The fourth-order valence-corrected chi connectivity index (χ4v) is 1.29. The van der Waals surface area contributed by atoms with Crippen LogP contribution < -0.4 is 5.32 Å². The highest BCUT2D eigenvalue weighted by Crippen LogP contribution is 2.18. The zero-order valence-corrected chi connectivity index (χ0v) is 10.3. The molecule has 1 aliphatic carbocycles. The highest BCUT2D eigenvalue weighted by molar-refractivity contribution is 4.80. The second-order valence-electron chi connectivity index (χ2n) is 4.91. The van der Waals surface area contributed by atoms with Gasteiger partial charge in [-0.3, -0.25) is 0 Å². The molecular formula is C12H25NO2. The van der Waals surface area contributed by atoms with Gasteiger partial charge >= 0.3 is 0 Å². The van der Waals surface area contributed by atoms with Crippen molar-refractivity contribution in [1.82, 2.24) is 5.32 Å². The van der Waals surface area contributed by atoms with E-state index >= 15 is 0 Å². The molecule has 1 saturated carbocycles. The van der Waals surface area contributed by atoms with Crippen molar-refractivity contribution in [3.63, 3.8) is 0 Å². The van der Waals surface area contributed by atoms with Crippen LogP contribution in [0.3, 0.4) is 0 Å². The molecule has 0 bridgehead atoms. The van der Waals surface area contributed by atoms with E-state index in [0.717, 1.165) is 38.6 Å². The standard InChI is InChI=1S/C12H25NO2/c1-12(2,14-3)7-10-15-9-4-8-13-11-5-6-11/h11,13H,4-10H2,1-3H3. The Morgan fingerprint density at radius 1 is 1.27 bits per heavy atom. The predicted octanol–water partition coefficient (Wildman–Crippen LogP) is 1.96. The number of methoxy groups -OCH3 is 1. The highest BCUT2D eigenvalue weighted by atomic mass is 16.5. The molecule has 15 heavy (non-hydrogen) atoms. The van der Waals surface area contributed by atoms with Gasteiger partial charge in [0.2, 0.25) is 0 Å². The van der Waals surface area contributed by atoms with Gasteiger partial charge in [0.25, 0.3) is 0 Å². The lowest BCUT2D eigenvalue weighted by atomic mass is 10.1. The second kappa shape index (κ2) is 6.46. The molecule has 1 aliphatic rings. The summed E-state index contributed by atoms with van der Waals surface area (Å²) in [6.07, 6.45) is 4.80. The summed E-state index contributed by atoms with van der Waals surface area (Å²) in [5.74, 6) is 0. The summed E-state index contributed by atoms with van der Waals surface area (Å²) in [6.45, 7) is 6.93. The molecule has 1 fully saturated rings. The average molecular weight is 215 g/mol. The maximum absolute atomic E-state index is 5.55. The SMILES string of the molecule is COC(C)(C)CCOCCCNC1CC1. The first-order valence-corrected chi connectivity index (χ1v) is 6.00. The lowest BCUT2D eigenvalue weighted by molar-refractivity contribution is -0.00994. The Balaban J connectivity index is 1.79. The van der Waals surface area contributed by atoms with Crippen LogP contribution in [0.1, 0.15) is 39.5 Å². The van der Waals surface area contributed by atoms with E-state index in [-0.39, 0.29) is 5.60 Å². The largest absolute Gasteiger partial charge is 0.381 e. The van der Waals surface area contributed by atoms with Crippen molar-refractivity contribution in [2.45, 2.75) is 51.2 Å². The van der Waals surface area contributed by atoms with Gasteiger partial charge in [-0.15, -0.1) is 0 Å². The van der Waals surface area contributed by atoms with Crippen molar-refractivity contribution in [1.29, 1.82) is 0 Å². The molecular weight excluding hydrogens is 190 g/mol. The van der Waals surface area contributed by atoms with Gasteiger partial charge < -0.3 is 14.8 Å². The lowest BCUT2D eigenvalue weighted by Gasteiger charge is -2.22. The summed E-state index contributed by atoms with van der Waals surface area (Å²) in [5.41, 5.74) is -0.0493. The smallest absolute Gasteiger partial charge is 0.0644 e. The maximum Gasteiger partial charge on any atom is 0.0644 e. The third-order valence-electron chi connectivity index (χ3n) is 2.88. The number of hydrogen-bond acceptors (Lipinski definition) is 3. The van der Waals surface area contributed by atoms with Gasteiger partial charge in [0.15, 0.2) is 0 Å². The molecule has 1 N–H and O–H groups in total. The number of ether oxygens (including phenoxy) is 2. The Bertz CT molecular complexity index is 167. The van der Waals surface area contributed by atoms with E-state index in [1.807, 2.05) is 0 Å². The Hall–Kier alpha value is -0.120. The number of nitrogens with one attached hydrogen (secondary N) is 1. The molecule has 90 valence electrons. The third kappa shape index (κ3) is 6.88. The second-order valence-corrected chi connectivity index (χ2v) is 4.91. The Kier molecular flexibility index (Phi) is 5.58. The van der Waals surface area contributed by atoms with Gasteiger partial charge in [0.1, 0.15) is 0 Å². The number of rotatable bonds is 9. The fourth-order valence-electron chi connectivity index (χ4n) is 1.29. The van der Waals surface area contributed by atoms with Crippen LogP contribution >= 0.6 is 0 Å². The van der Waals surface area contributed by atoms with E-state index in [1.165, 1.54) is 12.8 Å². The molecule has 0 saturated heterocycles. The van der Waals surface area contributed by atoms with E-state index in [1.54, 1.807) is 7.11 Å². The normalized spacial score (nSPS) is 17.0. The first kappa shape index (κ1) is 12.9. The Labute approximate surface area is 93.5 Å². The molecule has 0 aromatic carbocycles. The molecule has 0 heterocycles. The average Bonchev–Trinajstić information content (AvgIpc) is 3.00. The van der Waals surface area contributed by atoms with Gasteiger partial charge in [0, 0.05) is 26.4 Å². The van der Waals surface area contributed by atoms with E-state index in [4.69, 9.17) is 9.47 Å². The van der Waals surface area contributed by atoms with Crippen molar-refractivity contribution in [2.24, 2.45) is 0 Å². The van der Waals surface area contributed by atoms with Crippen LogP contribution in [0.15, 0.2) is 0 Å². The molecule has 0 spiro atoms. The van der Waals surface area contributed by atoms with Crippen molar-refractivity contribution in [3.8, 4) is 0 Å². The molecule has 0 unspecified atom stereocenters. The molecule has 0 aromatic rings. The van der Waals surface area contributed by atoms with Crippen molar-refractivity contribution >= 4 is 0 Å². The van der Waals surface area contributed by atoms with Gasteiger partial charge in [-0.05, 0) is 46.1 Å². The van der Waals surface area contributed by atoms with Gasteiger partial charge in [-0.25, -0.2) is 0 Å². The van der Waals surface area contributed by atoms with Crippen LogP contribution in [0.4, 0.5) is 0 Å². The summed E-state index contributed by atoms with van der Waals surface area (Å²) in [5, 5.41) is 3.47. The zero-order valence-electron chi connectivity index (χ0n) is 10.3. The quantitative estimate of drug-likeness (QED) is 0.596. The van der Waals surface area contributed by atoms with Crippen LogP contribution in [-0.2, 0) is 9.47 Å². The van der Waals surface area contributed by atoms with Gasteiger partial charge in [0.05, 0.1) is 5.60 Å². The molecule has 0 radical (unpaired) electrons. The molecule has 0 atom stereocenters. The first-order chi connectivity index (χ1) is 7.14. The summed E-state index contributed by atoms with van der Waals surface area (Å²) in [7, 11) is 1.75. The van der Waals surface area contributed by atoms with Crippen LogP contribution in [0, 0.1) is 0 Å². The van der Waals surface area contributed by atoms with Crippen molar-refractivity contribution in [3.05, 3.63) is 0 Å². The summed E-state index contributed by atoms with van der Waals surface area (Å²) < 4.78 is 10.9. The topological polar surface area (TPSA) is 30.5 Å². The minimum atomic E-state index is -0.0493. The van der Waals surface area contributed by atoms with E-state index in [0.29, 0.717) is 0 Å². The summed E-state index contributed by atoms with van der Waals surface area (Å²) in [6, 6.07) is 0.817. The molecule has 3 heteroatoms. The zero-order chi connectivity index (χ0) is 11.1. The maximum atomic E-state index is 5.55. The van der Waals surface area contributed by atoms with Gasteiger partial charge in [-0.1, -0.05) is 0 Å². The molecule has 3 nitrogen and oxygen atoms in total. The van der Waals surface area contributed by atoms with Gasteiger partial charge in [-0.2, -0.15) is 0 Å². The highest BCUT2D eigenvalue weighted by Gasteiger charge is 2.19. The van der Waals surface area contributed by atoms with Crippen molar-refractivity contribution in [2.75, 3.05) is 26.9 Å². The molecule has 1 rings (SSSR count). The summed E-state index contributed by atoms with van der Waals surface area (Å²) >= 11 is 0. The van der Waals surface area contributed by atoms with Crippen LogP contribution in [-0.4, -0.2) is 38.5 Å². The first-order valence-electron chi connectivity index (χ1n) is 6.00. The van der Waals surface area contributed by atoms with Crippen molar-refractivity contribution < 1.29 is 9.47 Å². The Morgan fingerprint density at radius 3 is 2.60 bits per heavy atom. The van der Waals surface area contributed by atoms with Crippen LogP contribution in [0.5, 0.6) is 0 Å². The molecule has 0 aromatic heterocycles. The lowest BCUT2D eigenvalue weighted by Crippen LogP contribution is -2.25. The summed E-state index contributed by atoms with van der Waals surface area (Å²) in [4.78, 5) is 0. The van der Waals surface area contributed by atoms with E-state index in [9.17, 15) is 0 Å². The molecule has 0 amide bonds.